The number of para-hydroxylation sites is 1. The predicted molar refractivity (Wildman–Crippen MR) is 207 cm³/mol. The molecule has 3 N–H and O–H groups in total. The number of hydrogen-bond donors (Lipinski definition) is 3. The van der Waals surface area contributed by atoms with Crippen LogP contribution in [0, 0.1) is 26.0 Å². The van der Waals surface area contributed by atoms with E-state index < -0.39 is 59.4 Å². The minimum atomic E-state index is -1.60. The van der Waals surface area contributed by atoms with Gasteiger partial charge in [0.1, 0.15) is 18.5 Å². The van der Waals surface area contributed by atoms with Gasteiger partial charge >= 0.3 is 5.97 Å². The maximum Gasteiger partial charge on any atom is 0.308 e. The first kappa shape index (κ1) is 44.5. The zero-order valence-electron chi connectivity index (χ0n) is 31.8. The average molecular weight is 781 g/mol. The molecule has 302 valence electrons. The fraction of sp³-hybridized carbons (Fsp3) is 0.400. The fourth-order valence-electron chi connectivity index (χ4n) is 6.37. The molecule has 2 aromatic carbocycles. The predicted octanol–water partition coefficient (Wildman–Crippen LogP) is 7.20. The fourth-order valence-corrected chi connectivity index (χ4v) is 6.37. The van der Waals surface area contributed by atoms with Crippen LogP contribution in [0.3, 0.4) is 0 Å². The number of rotatable bonds is 23. The third-order valence-electron chi connectivity index (χ3n) is 8.63. The van der Waals surface area contributed by atoms with Crippen molar-refractivity contribution in [3.63, 3.8) is 0 Å². The van der Waals surface area contributed by atoms with Crippen LogP contribution in [0.25, 0.3) is 16.8 Å². The van der Waals surface area contributed by atoms with E-state index in [0.717, 1.165) is 0 Å². The van der Waals surface area contributed by atoms with Crippen LogP contribution in [-0.4, -0.2) is 67.9 Å². The van der Waals surface area contributed by atoms with E-state index in [1.54, 1.807) is 55.5 Å². The number of aliphatic hydroxyl groups excluding tert-OH is 2. The first-order valence-corrected chi connectivity index (χ1v) is 18.2. The first-order chi connectivity index (χ1) is 26.7. The van der Waals surface area contributed by atoms with Gasteiger partial charge in [-0.25, -0.2) is 4.39 Å². The van der Waals surface area contributed by atoms with Gasteiger partial charge in [-0.05, 0) is 79.6 Å². The molecule has 0 saturated heterocycles. The Morgan fingerprint density at radius 2 is 1.61 bits per heavy atom. The second-order valence-electron chi connectivity index (χ2n) is 13.2. The number of aromatic nitrogens is 1. The summed E-state index contributed by atoms with van der Waals surface area (Å²) in [5, 5.41) is 44.5. The number of carbonyl (C=O) groups is 2. The van der Waals surface area contributed by atoms with Crippen LogP contribution in [0.5, 0.6) is 0 Å². The Bertz CT molecular complexity index is 1860. The van der Waals surface area contributed by atoms with Crippen molar-refractivity contribution in [3.8, 4) is 11.3 Å². The van der Waals surface area contributed by atoms with Gasteiger partial charge in [-0.1, -0.05) is 76.3 Å². The summed E-state index contributed by atoms with van der Waals surface area (Å²) in [6, 6.07) is 14.8. The number of benzene rings is 2. The number of esters is 1. The van der Waals surface area contributed by atoms with Crippen LogP contribution < -0.4 is 5.32 Å². The summed E-state index contributed by atoms with van der Waals surface area (Å²) < 4.78 is 21.2. The van der Waals surface area contributed by atoms with E-state index in [1.165, 1.54) is 12.1 Å². The summed E-state index contributed by atoms with van der Waals surface area (Å²) in [5.74, 6) is -2.07. The molecule has 0 saturated carbocycles. The van der Waals surface area contributed by atoms with Crippen molar-refractivity contribution in [2.45, 2.75) is 96.7 Å². The molecule has 0 aliphatic rings. The highest BCUT2D eigenvalue weighted by Crippen LogP contribution is 2.41. The monoisotopic (exact) mass is 780 g/mol. The Balaban J connectivity index is 1.94. The molecule has 0 bridgehead atoms. The van der Waals surface area contributed by atoms with Crippen LogP contribution in [0.4, 0.5) is 10.1 Å². The van der Waals surface area contributed by atoms with Gasteiger partial charge in [-0.15, -0.1) is 20.2 Å². The molecule has 1 amide bonds. The van der Waals surface area contributed by atoms with Gasteiger partial charge in [0.15, 0.2) is 6.10 Å². The number of carbonyl (C=O) groups excluding carboxylic acids is 2. The van der Waals surface area contributed by atoms with Crippen molar-refractivity contribution in [2.24, 2.45) is 0 Å². The maximum absolute atomic E-state index is 14.3. The minimum absolute atomic E-state index is 0.00348. The van der Waals surface area contributed by atoms with Crippen LogP contribution in [0.1, 0.15) is 87.3 Å². The summed E-state index contributed by atoms with van der Waals surface area (Å²) in [6.45, 7) is 10.6. The van der Waals surface area contributed by atoms with Gasteiger partial charge in [-0.3, -0.25) is 9.59 Å². The highest BCUT2D eigenvalue weighted by atomic mass is 19.1. The van der Waals surface area contributed by atoms with Gasteiger partial charge in [0, 0.05) is 23.5 Å². The minimum Gasteiger partial charge on any atom is -0.463 e. The molecular weight excluding hydrogens is 731 g/mol. The largest absolute Gasteiger partial charge is 0.463 e. The maximum atomic E-state index is 14.3. The summed E-state index contributed by atoms with van der Waals surface area (Å²) in [5.41, 5.74) is 3.99. The molecule has 0 spiro atoms. The number of nitrogens with zero attached hydrogens (tertiary/aromatic N) is 3. The van der Waals surface area contributed by atoms with Crippen molar-refractivity contribution in [1.29, 1.82) is 0 Å². The van der Waals surface area contributed by atoms with Crippen molar-refractivity contribution in [3.05, 3.63) is 128 Å². The topological polar surface area (TPSA) is 206 Å². The quantitative estimate of drug-likeness (QED) is 0.0380. The molecule has 15 nitrogen and oxygen atoms in total. The molecule has 3 aromatic rings. The molecule has 4 atom stereocenters. The van der Waals surface area contributed by atoms with Gasteiger partial charge in [0.05, 0.1) is 29.9 Å². The third kappa shape index (κ3) is 12.9. The Hall–Kier alpha value is -5.87. The van der Waals surface area contributed by atoms with Gasteiger partial charge < -0.3 is 34.5 Å². The summed E-state index contributed by atoms with van der Waals surface area (Å²) in [7, 11) is 0. The smallest absolute Gasteiger partial charge is 0.308 e. The summed E-state index contributed by atoms with van der Waals surface area (Å²) in [6.07, 6.45) is 0.982. The molecule has 1 aromatic heterocycles. The van der Waals surface area contributed by atoms with E-state index in [1.807, 2.05) is 43.6 Å². The Labute approximate surface area is 324 Å². The van der Waals surface area contributed by atoms with E-state index in [4.69, 9.17) is 4.74 Å². The van der Waals surface area contributed by atoms with Gasteiger partial charge in [-0.2, -0.15) is 0 Å². The SMILES string of the molecule is C=C/C=C(\C=C/C)c1c(C(=O)Nc2ccccc2)c(C(C)C)n(CC[C@@H](O)C[C@@H](O)CC(=O)OCC(O[N+](=O)[O-])C(CCC)O[N+](=O)[O-])c1-c1ccc(F)cc1. The molecule has 2 unspecified atom stereocenters. The highest BCUT2D eigenvalue weighted by molar-refractivity contribution is 6.11. The van der Waals surface area contributed by atoms with Crippen LogP contribution in [0.2, 0.25) is 0 Å². The summed E-state index contributed by atoms with van der Waals surface area (Å²) in [4.78, 5) is 57.8. The summed E-state index contributed by atoms with van der Waals surface area (Å²) >= 11 is 0. The lowest BCUT2D eigenvalue weighted by atomic mass is 9.93. The number of halogens is 1. The lowest BCUT2D eigenvalue weighted by Gasteiger charge is -2.23. The molecule has 0 radical (unpaired) electrons. The zero-order valence-corrected chi connectivity index (χ0v) is 31.8. The van der Waals surface area contributed by atoms with E-state index >= 15 is 0 Å². The van der Waals surface area contributed by atoms with Crippen molar-refractivity contribution < 1.29 is 48.8 Å². The van der Waals surface area contributed by atoms with Crippen molar-refractivity contribution >= 4 is 23.1 Å². The number of nitrogens with one attached hydrogen (secondary N) is 1. The highest BCUT2D eigenvalue weighted by Gasteiger charge is 2.32. The standard InChI is InChI=1S/C40H49FN4O11/c1-6-12-27(13-7-2)36-37(40(49)42-30-15-10-9-11-16-30)38(26(4)5)43(39(36)28-17-19-29(41)20-18-28)22-21-31(46)23-32(47)24-35(48)54-25-34(56-45(52)53)33(14-8-3)55-44(50)51/h6-7,9-13,15-20,26,31-34,46-47H,1,8,14,21-25H2,2-5H3,(H,42,49)/b13-7-,27-12+/t31-,32-,33?,34?/m1/s1. The number of allylic oxidation sites excluding steroid dienone is 5. The van der Waals surface area contributed by atoms with Crippen LogP contribution >= 0.6 is 0 Å². The zero-order chi connectivity index (χ0) is 41.4. The Morgan fingerprint density at radius 3 is 2.18 bits per heavy atom. The number of aliphatic hydroxyl groups is 2. The van der Waals surface area contributed by atoms with Crippen LogP contribution in [0.15, 0.2) is 85.5 Å². The van der Waals surface area contributed by atoms with Crippen molar-refractivity contribution in [2.75, 3.05) is 11.9 Å². The lowest BCUT2D eigenvalue weighted by Crippen LogP contribution is -2.39. The number of hydrogen-bond acceptors (Lipinski definition) is 11. The van der Waals surface area contributed by atoms with Crippen LogP contribution in [-0.2, 0) is 25.8 Å². The second kappa shape index (κ2) is 21.9. The van der Waals surface area contributed by atoms with E-state index in [-0.39, 0.29) is 37.6 Å². The second-order valence-corrected chi connectivity index (χ2v) is 13.2. The molecule has 3 rings (SSSR count). The lowest BCUT2D eigenvalue weighted by molar-refractivity contribution is -0.799. The molecule has 0 aliphatic heterocycles. The van der Waals surface area contributed by atoms with Gasteiger partial charge in [0.2, 0.25) is 0 Å². The Kier molecular flexibility index (Phi) is 17.4. The molecular formula is C40H49FN4O11. The molecule has 56 heavy (non-hydrogen) atoms. The van der Waals surface area contributed by atoms with E-state index in [0.29, 0.717) is 45.8 Å². The van der Waals surface area contributed by atoms with Crippen molar-refractivity contribution in [1.82, 2.24) is 4.57 Å². The Morgan fingerprint density at radius 1 is 0.964 bits per heavy atom. The molecule has 0 aliphatic carbocycles. The number of amides is 1. The third-order valence-corrected chi connectivity index (χ3v) is 8.63. The van der Waals surface area contributed by atoms with E-state index in [2.05, 4.69) is 21.6 Å². The van der Waals surface area contributed by atoms with Gasteiger partial charge in [0.25, 0.3) is 16.1 Å². The molecule has 1 heterocycles. The number of anilines is 1. The number of ether oxygens (including phenoxy) is 1. The normalized spacial score (nSPS) is 13.8. The molecule has 16 heteroatoms. The molecule has 0 fully saturated rings. The van der Waals surface area contributed by atoms with E-state index in [9.17, 15) is 44.4 Å². The first-order valence-electron chi connectivity index (χ1n) is 18.2. The average Bonchev–Trinajstić information content (AvgIpc) is 3.48.